The van der Waals surface area contributed by atoms with Crippen LogP contribution in [0, 0.1) is 12.8 Å². The van der Waals surface area contributed by atoms with Crippen LogP contribution in [0.25, 0.3) is 0 Å². The summed E-state index contributed by atoms with van der Waals surface area (Å²) in [5.41, 5.74) is 1.62. The summed E-state index contributed by atoms with van der Waals surface area (Å²) in [6, 6.07) is 4.94. The second-order valence-electron chi connectivity index (χ2n) is 5.27. The van der Waals surface area contributed by atoms with Crippen molar-refractivity contribution in [2.75, 3.05) is 0 Å². The van der Waals surface area contributed by atoms with E-state index in [1.165, 1.54) is 6.07 Å². The topological polar surface area (TPSA) is 71.4 Å². The fourth-order valence-corrected chi connectivity index (χ4v) is 3.35. The fraction of sp³-hybridized carbons (Fsp3) is 0.500. The first-order chi connectivity index (χ1) is 8.86. The molecule has 5 heteroatoms. The average molecular weight is 282 g/mol. The zero-order valence-electron chi connectivity index (χ0n) is 10.9. The van der Waals surface area contributed by atoms with Crippen LogP contribution >= 0.6 is 0 Å². The van der Waals surface area contributed by atoms with E-state index < -0.39 is 10.1 Å². The van der Waals surface area contributed by atoms with Gasteiger partial charge >= 0.3 is 0 Å². The summed E-state index contributed by atoms with van der Waals surface area (Å²) in [7, 11) is -4.18. The largest absolute Gasteiger partial charge is 0.300 e. The van der Waals surface area contributed by atoms with Crippen LogP contribution in [0.15, 0.2) is 23.1 Å². The van der Waals surface area contributed by atoms with E-state index in [1.54, 1.807) is 12.1 Å². The number of carbonyl (C=O) groups excluding carboxylic acids is 1. The summed E-state index contributed by atoms with van der Waals surface area (Å²) in [5, 5.41) is 0. The lowest BCUT2D eigenvalue weighted by Crippen LogP contribution is -2.17. The molecule has 0 aliphatic heterocycles. The minimum atomic E-state index is -4.18. The Kier molecular flexibility index (Phi) is 4.06. The zero-order valence-corrected chi connectivity index (χ0v) is 11.7. The molecular formula is C14H18O4S. The summed E-state index contributed by atoms with van der Waals surface area (Å²) in [5.74, 6) is 0.607. The molecule has 1 aromatic rings. The van der Waals surface area contributed by atoms with Crippen LogP contribution in [-0.4, -0.2) is 18.8 Å². The number of carbonyl (C=O) groups is 1. The molecule has 1 aromatic carbocycles. The first-order valence-corrected chi connectivity index (χ1v) is 7.89. The van der Waals surface area contributed by atoms with Gasteiger partial charge in [-0.2, -0.15) is 8.42 Å². The molecule has 0 heterocycles. The maximum atomic E-state index is 11.4. The van der Waals surface area contributed by atoms with Gasteiger partial charge < -0.3 is 0 Å². The second-order valence-corrected chi connectivity index (χ2v) is 6.66. The predicted octanol–water partition coefficient (Wildman–Crippen LogP) is 2.54. The highest BCUT2D eigenvalue weighted by molar-refractivity contribution is 7.85. The van der Waals surface area contributed by atoms with Crippen molar-refractivity contribution in [3.8, 4) is 0 Å². The molecule has 1 N–H and O–H groups in total. The minimum absolute atomic E-state index is 0.00463. The molecule has 2 rings (SSSR count). The van der Waals surface area contributed by atoms with Crippen LogP contribution in [0.2, 0.25) is 0 Å². The van der Waals surface area contributed by atoms with E-state index in [4.69, 9.17) is 0 Å². The monoisotopic (exact) mass is 282 g/mol. The molecule has 0 aromatic heterocycles. The molecule has 1 aliphatic carbocycles. The van der Waals surface area contributed by atoms with Crippen molar-refractivity contribution < 1.29 is 17.8 Å². The Bertz CT molecular complexity index is 579. The lowest BCUT2D eigenvalue weighted by molar-refractivity contribution is -0.121. The summed E-state index contributed by atoms with van der Waals surface area (Å²) in [6.07, 6.45) is 3.37. The van der Waals surface area contributed by atoms with Crippen LogP contribution in [0.4, 0.5) is 0 Å². The van der Waals surface area contributed by atoms with Gasteiger partial charge in [0.2, 0.25) is 0 Å². The fourth-order valence-electron chi connectivity index (χ4n) is 2.63. The molecule has 1 fully saturated rings. The number of ketones is 1. The SMILES string of the molecule is Cc1ccc(S(=O)(=O)O)c(CC2CCC(=O)CC2)c1. The molecule has 0 atom stereocenters. The zero-order chi connectivity index (χ0) is 14.0. The van der Waals surface area contributed by atoms with E-state index in [2.05, 4.69) is 0 Å². The number of Topliss-reactive ketones (excluding diaryl/α,β-unsaturated/α-hetero) is 1. The smallest absolute Gasteiger partial charge is 0.294 e. The number of rotatable bonds is 3. The molecule has 104 valence electrons. The lowest BCUT2D eigenvalue weighted by Gasteiger charge is -2.21. The maximum Gasteiger partial charge on any atom is 0.294 e. The van der Waals surface area contributed by atoms with E-state index in [-0.39, 0.29) is 10.7 Å². The summed E-state index contributed by atoms with van der Waals surface area (Å²) < 4.78 is 32.0. The van der Waals surface area contributed by atoms with Crippen LogP contribution in [0.3, 0.4) is 0 Å². The van der Waals surface area contributed by atoms with Gasteiger partial charge in [-0.05, 0) is 43.7 Å². The highest BCUT2D eigenvalue weighted by atomic mass is 32.2. The molecule has 1 saturated carbocycles. The van der Waals surface area contributed by atoms with Crippen molar-refractivity contribution in [2.45, 2.75) is 43.9 Å². The normalized spacial score (nSPS) is 17.7. The first-order valence-electron chi connectivity index (χ1n) is 6.45. The van der Waals surface area contributed by atoms with Gasteiger partial charge in [-0.25, -0.2) is 0 Å². The van der Waals surface area contributed by atoms with Crippen LogP contribution < -0.4 is 0 Å². The number of hydrogen-bond acceptors (Lipinski definition) is 3. The maximum absolute atomic E-state index is 11.4. The van der Waals surface area contributed by atoms with E-state index in [0.29, 0.717) is 30.7 Å². The Morgan fingerprint density at radius 1 is 1.26 bits per heavy atom. The highest BCUT2D eigenvalue weighted by Gasteiger charge is 2.22. The highest BCUT2D eigenvalue weighted by Crippen LogP contribution is 2.28. The molecule has 0 spiro atoms. The quantitative estimate of drug-likeness (QED) is 0.865. The Labute approximate surface area is 113 Å². The molecule has 19 heavy (non-hydrogen) atoms. The predicted molar refractivity (Wildman–Crippen MR) is 71.7 cm³/mol. The van der Waals surface area contributed by atoms with Crippen molar-refractivity contribution in [3.05, 3.63) is 29.3 Å². The van der Waals surface area contributed by atoms with E-state index in [1.807, 2.05) is 6.92 Å². The van der Waals surface area contributed by atoms with Crippen molar-refractivity contribution >= 4 is 15.9 Å². The van der Waals surface area contributed by atoms with Gasteiger partial charge in [0.25, 0.3) is 10.1 Å². The third-order valence-corrected chi connectivity index (χ3v) is 4.62. The molecular weight excluding hydrogens is 264 g/mol. The van der Waals surface area contributed by atoms with Gasteiger partial charge in [0.15, 0.2) is 0 Å². The molecule has 0 radical (unpaired) electrons. The Morgan fingerprint density at radius 2 is 1.89 bits per heavy atom. The van der Waals surface area contributed by atoms with Gasteiger partial charge in [0.05, 0.1) is 4.90 Å². The van der Waals surface area contributed by atoms with Crippen LogP contribution in [0.5, 0.6) is 0 Å². The second kappa shape index (κ2) is 5.43. The molecule has 1 aliphatic rings. The lowest BCUT2D eigenvalue weighted by atomic mass is 9.84. The Balaban J connectivity index is 2.24. The van der Waals surface area contributed by atoms with Crippen molar-refractivity contribution in [2.24, 2.45) is 5.92 Å². The summed E-state index contributed by atoms with van der Waals surface area (Å²) >= 11 is 0. The first kappa shape index (κ1) is 14.2. The van der Waals surface area contributed by atoms with Gasteiger partial charge in [-0.1, -0.05) is 17.7 Å². The minimum Gasteiger partial charge on any atom is -0.300 e. The molecule has 0 saturated heterocycles. The average Bonchev–Trinajstić information content (AvgIpc) is 2.30. The van der Waals surface area contributed by atoms with E-state index >= 15 is 0 Å². The van der Waals surface area contributed by atoms with E-state index in [9.17, 15) is 17.8 Å². The van der Waals surface area contributed by atoms with Crippen molar-refractivity contribution in [3.63, 3.8) is 0 Å². The summed E-state index contributed by atoms with van der Waals surface area (Å²) in [6.45, 7) is 1.89. The van der Waals surface area contributed by atoms with Gasteiger partial charge in [0.1, 0.15) is 5.78 Å². The number of aryl methyl sites for hydroxylation is 1. The van der Waals surface area contributed by atoms with Crippen molar-refractivity contribution in [1.29, 1.82) is 0 Å². The van der Waals surface area contributed by atoms with Gasteiger partial charge in [0, 0.05) is 12.8 Å². The molecule has 0 unspecified atom stereocenters. The van der Waals surface area contributed by atoms with Crippen molar-refractivity contribution in [1.82, 2.24) is 0 Å². The standard InChI is InChI=1S/C14H18O4S/c1-10-2-7-14(19(16,17)18)12(8-10)9-11-3-5-13(15)6-4-11/h2,7-8,11H,3-6,9H2,1H3,(H,16,17,18). The molecule has 0 bridgehead atoms. The summed E-state index contributed by atoms with van der Waals surface area (Å²) in [4.78, 5) is 11.2. The van der Waals surface area contributed by atoms with E-state index in [0.717, 1.165) is 18.4 Å². The third-order valence-electron chi connectivity index (χ3n) is 3.67. The van der Waals surface area contributed by atoms with Crippen LogP contribution in [0.1, 0.15) is 36.8 Å². The Hall–Kier alpha value is -1.20. The van der Waals surface area contributed by atoms with Gasteiger partial charge in [-0.3, -0.25) is 9.35 Å². The van der Waals surface area contributed by atoms with Crippen LogP contribution in [-0.2, 0) is 21.3 Å². The molecule has 0 amide bonds. The number of hydrogen-bond donors (Lipinski definition) is 1. The number of benzene rings is 1. The molecule has 4 nitrogen and oxygen atoms in total. The van der Waals surface area contributed by atoms with Gasteiger partial charge in [-0.15, -0.1) is 0 Å². The third kappa shape index (κ3) is 3.64. The Morgan fingerprint density at radius 3 is 2.47 bits per heavy atom.